The Morgan fingerprint density at radius 1 is 1.22 bits per heavy atom. The molecule has 1 atom stereocenters. The van der Waals surface area contributed by atoms with Gasteiger partial charge in [0, 0.05) is 39.2 Å². The minimum atomic E-state index is 0. The topological polar surface area (TPSA) is 46.1 Å². The molecular formula is C21H36IN3O2. The second-order valence-corrected chi connectivity index (χ2v) is 7.15. The Labute approximate surface area is 181 Å². The minimum absolute atomic E-state index is 0. The van der Waals surface area contributed by atoms with Crippen LogP contribution in [0.4, 0.5) is 0 Å². The van der Waals surface area contributed by atoms with Crippen molar-refractivity contribution in [3.8, 4) is 0 Å². The van der Waals surface area contributed by atoms with E-state index in [1.807, 2.05) is 0 Å². The third kappa shape index (κ3) is 8.79. The largest absolute Gasteiger partial charge is 0.382 e. The normalized spacial score (nSPS) is 17.1. The summed E-state index contributed by atoms with van der Waals surface area (Å²) in [5.74, 6) is 1.62. The van der Waals surface area contributed by atoms with Gasteiger partial charge in [0.2, 0.25) is 0 Å². The maximum absolute atomic E-state index is 5.70. The van der Waals surface area contributed by atoms with Crippen LogP contribution in [-0.2, 0) is 15.9 Å². The highest BCUT2D eigenvalue weighted by molar-refractivity contribution is 14.0. The van der Waals surface area contributed by atoms with Gasteiger partial charge in [-0.15, -0.1) is 24.0 Å². The van der Waals surface area contributed by atoms with Crippen LogP contribution in [0.5, 0.6) is 0 Å². The summed E-state index contributed by atoms with van der Waals surface area (Å²) in [5.41, 5.74) is 4.02. The Bertz CT molecular complexity index is 560. The Hall–Kier alpha value is -0.860. The number of ether oxygens (including phenoxy) is 2. The van der Waals surface area contributed by atoms with Gasteiger partial charge in [-0.3, -0.25) is 4.99 Å². The van der Waals surface area contributed by atoms with Gasteiger partial charge in [-0.2, -0.15) is 0 Å². The zero-order valence-corrected chi connectivity index (χ0v) is 19.6. The molecule has 0 aromatic heterocycles. The third-order valence-electron chi connectivity index (χ3n) is 4.65. The van der Waals surface area contributed by atoms with Crippen molar-refractivity contribution in [2.24, 2.45) is 10.9 Å². The average molecular weight is 489 g/mol. The van der Waals surface area contributed by atoms with Crippen LogP contribution < -0.4 is 5.32 Å². The average Bonchev–Trinajstić information content (AvgIpc) is 3.06. The molecule has 1 aromatic rings. The van der Waals surface area contributed by atoms with Gasteiger partial charge in [0.15, 0.2) is 5.96 Å². The van der Waals surface area contributed by atoms with Gasteiger partial charge in [-0.25, -0.2) is 0 Å². The summed E-state index contributed by atoms with van der Waals surface area (Å²) in [6.45, 7) is 12.4. The van der Waals surface area contributed by atoms with Gasteiger partial charge in [0.05, 0.1) is 19.8 Å². The number of benzene rings is 1. The summed E-state index contributed by atoms with van der Waals surface area (Å²) in [4.78, 5) is 7.24. The van der Waals surface area contributed by atoms with Crippen molar-refractivity contribution in [3.05, 3.63) is 34.9 Å². The lowest BCUT2D eigenvalue weighted by atomic mass is 10.1. The lowest BCUT2D eigenvalue weighted by Crippen LogP contribution is -2.40. The molecule has 1 aromatic carbocycles. The Kier molecular flexibility index (Phi) is 11.9. The van der Waals surface area contributed by atoms with Crippen LogP contribution in [0.2, 0.25) is 0 Å². The maximum Gasteiger partial charge on any atom is 0.193 e. The van der Waals surface area contributed by atoms with Crippen molar-refractivity contribution in [2.75, 3.05) is 53.1 Å². The molecule has 0 amide bonds. The third-order valence-corrected chi connectivity index (χ3v) is 4.65. The van der Waals surface area contributed by atoms with Gasteiger partial charge in [0.1, 0.15) is 0 Å². The number of nitrogens with one attached hydrogen (secondary N) is 1. The van der Waals surface area contributed by atoms with Gasteiger partial charge >= 0.3 is 0 Å². The standard InChI is InChI=1S/C21H35N3O2.HI/c1-5-22-21(23-8-6-19-13-17(2)12-18(3)14-19)24-9-7-20(15-24)16-26-11-10-25-4;/h12-14,20H,5-11,15-16H2,1-4H3,(H,22,23);1H. The second-order valence-electron chi connectivity index (χ2n) is 7.15. The van der Waals surface area contributed by atoms with Crippen LogP contribution in [0.3, 0.4) is 0 Å². The van der Waals surface area contributed by atoms with Crippen LogP contribution in [0, 0.1) is 19.8 Å². The fourth-order valence-electron chi connectivity index (χ4n) is 3.48. The quantitative estimate of drug-likeness (QED) is 0.250. The number of guanidine groups is 1. The van der Waals surface area contributed by atoms with E-state index in [9.17, 15) is 0 Å². The molecule has 0 spiro atoms. The Morgan fingerprint density at radius 3 is 2.63 bits per heavy atom. The smallest absolute Gasteiger partial charge is 0.193 e. The number of aliphatic imine (C=N–C) groups is 1. The zero-order chi connectivity index (χ0) is 18.8. The summed E-state index contributed by atoms with van der Waals surface area (Å²) in [5, 5.41) is 3.45. The van der Waals surface area contributed by atoms with Crippen molar-refractivity contribution in [1.29, 1.82) is 0 Å². The van der Waals surface area contributed by atoms with Gasteiger partial charge < -0.3 is 19.7 Å². The number of hydrogen-bond donors (Lipinski definition) is 1. The van der Waals surface area contributed by atoms with E-state index in [1.165, 1.54) is 16.7 Å². The number of halogens is 1. The van der Waals surface area contributed by atoms with Gasteiger partial charge in [0.25, 0.3) is 0 Å². The van der Waals surface area contributed by atoms with Crippen molar-refractivity contribution in [2.45, 2.75) is 33.6 Å². The summed E-state index contributed by atoms with van der Waals surface area (Å²) in [6.07, 6.45) is 2.14. The number of rotatable bonds is 9. The molecule has 27 heavy (non-hydrogen) atoms. The van der Waals surface area contributed by atoms with E-state index in [1.54, 1.807) is 7.11 Å². The van der Waals surface area contributed by atoms with Crippen molar-refractivity contribution in [3.63, 3.8) is 0 Å². The lowest BCUT2D eigenvalue weighted by Gasteiger charge is -2.21. The molecule has 0 aliphatic carbocycles. The molecule has 1 heterocycles. The lowest BCUT2D eigenvalue weighted by molar-refractivity contribution is 0.0536. The molecule has 6 heteroatoms. The van der Waals surface area contributed by atoms with E-state index in [0.29, 0.717) is 19.1 Å². The molecule has 1 N–H and O–H groups in total. The summed E-state index contributed by atoms with van der Waals surface area (Å²) >= 11 is 0. The predicted octanol–water partition coefficient (Wildman–Crippen LogP) is 3.41. The van der Waals surface area contributed by atoms with E-state index in [4.69, 9.17) is 14.5 Å². The van der Waals surface area contributed by atoms with Gasteiger partial charge in [-0.05, 0) is 39.2 Å². The summed E-state index contributed by atoms with van der Waals surface area (Å²) < 4.78 is 10.7. The molecule has 1 aliphatic rings. The zero-order valence-electron chi connectivity index (χ0n) is 17.3. The molecular weight excluding hydrogens is 453 g/mol. The van der Waals surface area contributed by atoms with E-state index in [2.05, 4.69) is 49.2 Å². The number of hydrogen-bond acceptors (Lipinski definition) is 3. The molecule has 1 unspecified atom stereocenters. The highest BCUT2D eigenvalue weighted by atomic mass is 127. The molecule has 0 saturated carbocycles. The SMILES string of the molecule is CCNC(=NCCc1cc(C)cc(C)c1)N1CCC(COCCOC)C1.I. The highest BCUT2D eigenvalue weighted by Crippen LogP contribution is 2.17. The van der Waals surface area contributed by atoms with Gasteiger partial charge in [-0.1, -0.05) is 29.3 Å². The van der Waals surface area contributed by atoms with E-state index >= 15 is 0 Å². The van der Waals surface area contributed by atoms with E-state index in [0.717, 1.165) is 51.6 Å². The summed E-state index contributed by atoms with van der Waals surface area (Å²) in [7, 11) is 1.71. The van der Waals surface area contributed by atoms with Crippen LogP contribution >= 0.6 is 24.0 Å². The Morgan fingerprint density at radius 2 is 1.96 bits per heavy atom. The fraction of sp³-hybridized carbons (Fsp3) is 0.667. The first-order valence-electron chi connectivity index (χ1n) is 9.79. The molecule has 1 saturated heterocycles. The minimum Gasteiger partial charge on any atom is -0.382 e. The van der Waals surface area contributed by atoms with Crippen LogP contribution in [-0.4, -0.2) is 64.0 Å². The van der Waals surface area contributed by atoms with E-state index in [-0.39, 0.29) is 24.0 Å². The highest BCUT2D eigenvalue weighted by Gasteiger charge is 2.24. The number of likely N-dealkylation sites (tertiary alicyclic amines) is 1. The first kappa shape index (κ1) is 24.2. The molecule has 0 bridgehead atoms. The molecule has 2 rings (SSSR count). The second kappa shape index (κ2) is 13.3. The molecule has 1 aliphatic heterocycles. The van der Waals surface area contributed by atoms with Crippen molar-refractivity contribution >= 4 is 29.9 Å². The van der Waals surface area contributed by atoms with E-state index < -0.39 is 0 Å². The maximum atomic E-state index is 5.70. The Balaban J connectivity index is 0.00000364. The molecule has 154 valence electrons. The fourth-order valence-corrected chi connectivity index (χ4v) is 3.48. The van der Waals surface area contributed by atoms with Crippen molar-refractivity contribution < 1.29 is 9.47 Å². The predicted molar refractivity (Wildman–Crippen MR) is 123 cm³/mol. The first-order chi connectivity index (χ1) is 12.6. The number of aryl methyl sites for hydroxylation is 2. The van der Waals surface area contributed by atoms with Crippen LogP contribution in [0.1, 0.15) is 30.0 Å². The molecule has 5 nitrogen and oxygen atoms in total. The summed E-state index contributed by atoms with van der Waals surface area (Å²) in [6, 6.07) is 6.74. The molecule has 1 fully saturated rings. The molecule has 0 radical (unpaired) electrons. The van der Waals surface area contributed by atoms with Crippen molar-refractivity contribution in [1.82, 2.24) is 10.2 Å². The van der Waals surface area contributed by atoms with Crippen LogP contribution in [0.15, 0.2) is 23.2 Å². The monoisotopic (exact) mass is 489 g/mol. The number of methoxy groups -OCH3 is 1. The van der Waals surface area contributed by atoms with Crippen LogP contribution in [0.25, 0.3) is 0 Å². The number of nitrogens with zero attached hydrogens (tertiary/aromatic N) is 2. The first-order valence-corrected chi connectivity index (χ1v) is 9.79.